The third-order valence-corrected chi connectivity index (χ3v) is 4.38. The molecule has 0 aliphatic carbocycles. The third kappa shape index (κ3) is 5.47. The van der Waals surface area contributed by atoms with Crippen LogP contribution in [0.1, 0.15) is 26.5 Å². The summed E-state index contributed by atoms with van der Waals surface area (Å²) in [6.07, 6.45) is 0. The van der Waals surface area contributed by atoms with Crippen LogP contribution >= 0.6 is 0 Å². The number of anilines is 2. The molecule has 0 aliphatic heterocycles. The number of para-hydroxylation sites is 1. The Morgan fingerprint density at radius 3 is 2.42 bits per heavy atom. The van der Waals surface area contributed by atoms with E-state index in [1.165, 1.54) is 11.9 Å². The summed E-state index contributed by atoms with van der Waals surface area (Å²) < 4.78 is 9.99. The molecule has 0 fully saturated rings. The van der Waals surface area contributed by atoms with Crippen molar-refractivity contribution < 1.29 is 23.6 Å². The van der Waals surface area contributed by atoms with E-state index in [1.54, 1.807) is 68.6 Å². The molecule has 3 rings (SSSR count). The van der Waals surface area contributed by atoms with Crippen LogP contribution in [0.3, 0.4) is 0 Å². The number of aromatic nitrogens is 1. The highest BCUT2D eigenvalue weighted by molar-refractivity contribution is 6.09. The zero-order valence-electron chi connectivity index (χ0n) is 17.3. The van der Waals surface area contributed by atoms with Gasteiger partial charge in [-0.3, -0.25) is 14.4 Å². The van der Waals surface area contributed by atoms with Crippen molar-refractivity contribution in [2.75, 3.05) is 31.3 Å². The Kier molecular flexibility index (Phi) is 6.66. The van der Waals surface area contributed by atoms with Crippen molar-refractivity contribution >= 4 is 29.2 Å². The van der Waals surface area contributed by atoms with Crippen LogP contribution in [0.2, 0.25) is 0 Å². The van der Waals surface area contributed by atoms with Gasteiger partial charge in [-0.1, -0.05) is 17.3 Å². The summed E-state index contributed by atoms with van der Waals surface area (Å²) in [6, 6.07) is 14.8. The maximum Gasteiger partial charge on any atom is 0.256 e. The maximum atomic E-state index is 12.9. The summed E-state index contributed by atoms with van der Waals surface area (Å²) in [5.74, 6) is 0.246. The van der Waals surface area contributed by atoms with Gasteiger partial charge < -0.3 is 24.8 Å². The summed E-state index contributed by atoms with van der Waals surface area (Å²) in [4.78, 5) is 38.9. The van der Waals surface area contributed by atoms with E-state index >= 15 is 0 Å². The number of hydrogen-bond acceptors (Lipinski definition) is 6. The number of carbonyl (C=O) groups is 3. The second-order valence-electron chi connectivity index (χ2n) is 6.76. The van der Waals surface area contributed by atoms with Crippen LogP contribution in [-0.4, -0.2) is 48.5 Å². The van der Waals surface area contributed by atoms with Gasteiger partial charge >= 0.3 is 0 Å². The van der Waals surface area contributed by atoms with E-state index in [2.05, 4.69) is 15.8 Å². The second-order valence-corrected chi connectivity index (χ2v) is 6.76. The summed E-state index contributed by atoms with van der Waals surface area (Å²) in [5.41, 5.74) is 1.02. The number of amides is 3. The number of nitrogens with one attached hydrogen (secondary N) is 2. The number of rotatable bonds is 7. The van der Waals surface area contributed by atoms with Crippen LogP contribution in [0.5, 0.6) is 5.75 Å². The first-order valence-electron chi connectivity index (χ1n) is 9.40. The molecule has 1 aromatic heterocycles. The number of likely N-dealkylation sites (N-methyl/N-ethyl adjacent to an activating group) is 1. The van der Waals surface area contributed by atoms with Gasteiger partial charge in [-0.15, -0.1) is 0 Å². The van der Waals surface area contributed by atoms with Crippen molar-refractivity contribution in [3.8, 4) is 5.75 Å². The zero-order chi connectivity index (χ0) is 22.4. The molecule has 0 atom stereocenters. The van der Waals surface area contributed by atoms with Crippen molar-refractivity contribution in [3.05, 3.63) is 71.5 Å². The molecule has 0 spiro atoms. The SMILES string of the molecule is COc1ccc(C(=O)Nc2ccccc2C(=O)N(C)CC(=O)Nc2cc(C)on2)cc1. The Morgan fingerprint density at radius 2 is 1.77 bits per heavy atom. The van der Waals surface area contributed by atoms with Gasteiger partial charge in [-0.25, -0.2) is 0 Å². The molecule has 0 saturated heterocycles. The molecule has 1 heterocycles. The van der Waals surface area contributed by atoms with Gasteiger partial charge in [0.05, 0.1) is 24.9 Å². The van der Waals surface area contributed by atoms with Crippen molar-refractivity contribution in [2.24, 2.45) is 0 Å². The van der Waals surface area contributed by atoms with Gasteiger partial charge in [0.15, 0.2) is 5.82 Å². The van der Waals surface area contributed by atoms with Crippen molar-refractivity contribution in [1.29, 1.82) is 0 Å². The molecule has 3 amide bonds. The van der Waals surface area contributed by atoms with Crippen LogP contribution in [0, 0.1) is 6.92 Å². The molecule has 0 aliphatic rings. The van der Waals surface area contributed by atoms with Gasteiger partial charge in [-0.05, 0) is 43.3 Å². The first-order chi connectivity index (χ1) is 14.9. The van der Waals surface area contributed by atoms with E-state index in [0.29, 0.717) is 22.8 Å². The summed E-state index contributed by atoms with van der Waals surface area (Å²) in [7, 11) is 3.04. The van der Waals surface area contributed by atoms with Gasteiger partial charge in [0, 0.05) is 18.7 Å². The van der Waals surface area contributed by atoms with Crippen molar-refractivity contribution in [2.45, 2.75) is 6.92 Å². The fourth-order valence-corrected chi connectivity index (χ4v) is 2.82. The van der Waals surface area contributed by atoms with Crippen LogP contribution < -0.4 is 15.4 Å². The number of hydrogen-bond donors (Lipinski definition) is 2. The monoisotopic (exact) mass is 422 g/mol. The first kappa shape index (κ1) is 21.6. The highest BCUT2D eigenvalue weighted by Crippen LogP contribution is 2.19. The van der Waals surface area contributed by atoms with Gasteiger partial charge in [0.2, 0.25) is 5.91 Å². The average Bonchev–Trinajstić information content (AvgIpc) is 3.17. The summed E-state index contributed by atoms with van der Waals surface area (Å²) in [5, 5.41) is 8.99. The minimum Gasteiger partial charge on any atom is -0.497 e. The van der Waals surface area contributed by atoms with Crippen LogP contribution in [0.25, 0.3) is 0 Å². The number of carbonyl (C=O) groups excluding carboxylic acids is 3. The van der Waals surface area contributed by atoms with E-state index in [-0.39, 0.29) is 23.8 Å². The topological polar surface area (TPSA) is 114 Å². The molecule has 0 bridgehead atoms. The normalized spacial score (nSPS) is 10.3. The fourth-order valence-electron chi connectivity index (χ4n) is 2.82. The molecule has 9 nitrogen and oxygen atoms in total. The molecule has 3 aromatic rings. The first-order valence-corrected chi connectivity index (χ1v) is 9.40. The van der Waals surface area contributed by atoms with Crippen LogP contribution in [-0.2, 0) is 4.79 Å². The molecule has 9 heteroatoms. The number of methoxy groups -OCH3 is 1. The van der Waals surface area contributed by atoms with Crippen molar-refractivity contribution in [3.63, 3.8) is 0 Å². The molecule has 0 radical (unpaired) electrons. The summed E-state index contributed by atoms with van der Waals surface area (Å²) in [6.45, 7) is 1.50. The number of nitrogens with zero attached hydrogens (tertiary/aromatic N) is 2. The van der Waals surface area contributed by atoms with Gasteiger partial charge in [0.1, 0.15) is 11.5 Å². The predicted molar refractivity (Wildman–Crippen MR) is 114 cm³/mol. The van der Waals surface area contributed by atoms with E-state index < -0.39 is 11.8 Å². The third-order valence-electron chi connectivity index (χ3n) is 4.38. The van der Waals surface area contributed by atoms with Crippen LogP contribution in [0.4, 0.5) is 11.5 Å². The second kappa shape index (κ2) is 9.57. The molecule has 2 aromatic carbocycles. The molecule has 0 saturated carbocycles. The summed E-state index contributed by atoms with van der Waals surface area (Å²) >= 11 is 0. The highest BCUT2D eigenvalue weighted by Gasteiger charge is 2.20. The minimum absolute atomic E-state index is 0.203. The van der Waals surface area contributed by atoms with E-state index in [0.717, 1.165) is 0 Å². The highest BCUT2D eigenvalue weighted by atomic mass is 16.5. The lowest BCUT2D eigenvalue weighted by Crippen LogP contribution is -2.35. The lowest BCUT2D eigenvalue weighted by Gasteiger charge is -2.18. The number of ether oxygens (including phenoxy) is 1. The molecule has 31 heavy (non-hydrogen) atoms. The van der Waals surface area contributed by atoms with Crippen molar-refractivity contribution in [1.82, 2.24) is 10.1 Å². The van der Waals surface area contributed by atoms with E-state index in [4.69, 9.17) is 9.26 Å². The Balaban J connectivity index is 1.68. The largest absolute Gasteiger partial charge is 0.497 e. The molecule has 2 N–H and O–H groups in total. The smallest absolute Gasteiger partial charge is 0.256 e. The Hall–Kier alpha value is -4.14. The predicted octanol–water partition coefficient (Wildman–Crippen LogP) is 2.95. The molecular weight excluding hydrogens is 400 g/mol. The van der Waals surface area contributed by atoms with E-state index in [9.17, 15) is 14.4 Å². The minimum atomic E-state index is -0.427. The quantitative estimate of drug-likeness (QED) is 0.605. The Bertz CT molecular complexity index is 1090. The maximum absolute atomic E-state index is 12.9. The lowest BCUT2D eigenvalue weighted by molar-refractivity contribution is -0.116. The molecule has 160 valence electrons. The number of benzene rings is 2. The lowest BCUT2D eigenvalue weighted by atomic mass is 10.1. The van der Waals surface area contributed by atoms with E-state index in [1.807, 2.05) is 0 Å². The standard InChI is InChI=1S/C22H22N4O5/c1-14-12-19(25-31-14)24-20(27)13-26(2)22(29)17-6-4-5-7-18(17)23-21(28)15-8-10-16(30-3)11-9-15/h4-12H,13H2,1-3H3,(H,23,28)(H,24,25,27). The van der Waals surface area contributed by atoms with Gasteiger partial charge in [-0.2, -0.15) is 0 Å². The fraction of sp³-hybridized carbons (Fsp3) is 0.182. The zero-order valence-corrected chi connectivity index (χ0v) is 17.3. The van der Waals surface area contributed by atoms with Crippen LogP contribution in [0.15, 0.2) is 59.1 Å². The van der Waals surface area contributed by atoms with Gasteiger partial charge in [0.25, 0.3) is 11.8 Å². The molecular formula is C22H22N4O5. The number of aryl methyl sites for hydroxylation is 1. The molecule has 0 unspecified atom stereocenters. The Morgan fingerprint density at radius 1 is 1.06 bits per heavy atom. The average molecular weight is 422 g/mol. The Labute approximate surface area is 179 Å².